The van der Waals surface area contributed by atoms with Gasteiger partial charge >= 0.3 is 0 Å². The van der Waals surface area contributed by atoms with Crippen LogP contribution < -0.4 is 10.6 Å². The van der Waals surface area contributed by atoms with Crippen molar-refractivity contribution >= 4 is 17.3 Å². The van der Waals surface area contributed by atoms with Gasteiger partial charge in [0.2, 0.25) is 5.89 Å². The molecule has 0 aromatic carbocycles. The topological polar surface area (TPSA) is 65.7 Å². The molecule has 1 aliphatic rings. The molecule has 1 saturated heterocycles. The third-order valence-electron chi connectivity index (χ3n) is 5.73. The number of rotatable bonds is 9. The number of nitrogens with one attached hydrogen (secondary N) is 2. The lowest BCUT2D eigenvalue weighted by molar-refractivity contribution is 0.164. The van der Waals surface area contributed by atoms with Crippen molar-refractivity contribution in [1.29, 1.82) is 0 Å². The Morgan fingerprint density at radius 3 is 2.77 bits per heavy atom. The normalized spacial score (nSPS) is 17.3. The largest absolute Gasteiger partial charge is 0.444 e. The van der Waals surface area contributed by atoms with Crippen LogP contribution in [0.5, 0.6) is 0 Å². The van der Waals surface area contributed by atoms with Gasteiger partial charge in [0.15, 0.2) is 5.96 Å². The van der Waals surface area contributed by atoms with Gasteiger partial charge in [-0.15, -0.1) is 11.3 Å². The van der Waals surface area contributed by atoms with Crippen molar-refractivity contribution in [1.82, 2.24) is 20.5 Å². The molecule has 166 valence electrons. The minimum absolute atomic E-state index is 0.546. The molecule has 1 fully saturated rings. The predicted molar refractivity (Wildman–Crippen MR) is 125 cm³/mol. The summed E-state index contributed by atoms with van der Waals surface area (Å²) in [5.74, 6) is 3.96. The Kier molecular flexibility index (Phi) is 8.75. The molecule has 30 heavy (non-hydrogen) atoms. The Labute approximate surface area is 185 Å². The first-order valence-electron chi connectivity index (χ1n) is 11.2. The molecular weight excluding hydrogens is 394 g/mol. The van der Waals surface area contributed by atoms with Gasteiger partial charge in [-0.2, -0.15) is 0 Å². The first-order valence-corrected chi connectivity index (χ1v) is 12.1. The third-order valence-corrected chi connectivity index (χ3v) is 6.63. The fraction of sp³-hybridized carbons (Fsp3) is 0.652. The average molecular weight is 432 g/mol. The van der Waals surface area contributed by atoms with Gasteiger partial charge in [0.05, 0.1) is 12.2 Å². The van der Waals surface area contributed by atoms with Crippen molar-refractivity contribution in [2.75, 3.05) is 32.7 Å². The summed E-state index contributed by atoms with van der Waals surface area (Å²) >= 11 is 1.83. The highest BCUT2D eigenvalue weighted by molar-refractivity contribution is 7.09. The predicted octanol–water partition coefficient (Wildman–Crippen LogP) is 4.00. The van der Waals surface area contributed by atoms with E-state index >= 15 is 0 Å². The number of aromatic nitrogens is 1. The molecule has 2 aromatic rings. The van der Waals surface area contributed by atoms with Gasteiger partial charge in [0.1, 0.15) is 5.76 Å². The highest BCUT2D eigenvalue weighted by atomic mass is 32.1. The Morgan fingerprint density at radius 1 is 1.33 bits per heavy atom. The molecule has 1 unspecified atom stereocenters. The van der Waals surface area contributed by atoms with Crippen LogP contribution in [0.3, 0.4) is 0 Å². The van der Waals surface area contributed by atoms with Crippen molar-refractivity contribution < 1.29 is 4.42 Å². The van der Waals surface area contributed by atoms with Gasteiger partial charge in [-0.3, -0.25) is 9.89 Å². The number of oxazole rings is 1. The molecule has 3 rings (SSSR count). The Hall–Kier alpha value is -1.86. The molecule has 1 aliphatic heterocycles. The van der Waals surface area contributed by atoms with Crippen LogP contribution in [-0.2, 0) is 13.0 Å². The molecule has 6 nitrogen and oxygen atoms in total. The zero-order valence-electron chi connectivity index (χ0n) is 18.9. The van der Waals surface area contributed by atoms with E-state index in [-0.39, 0.29) is 0 Å². The first-order chi connectivity index (χ1) is 14.5. The highest BCUT2D eigenvalue weighted by Gasteiger charge is 2.21. The molecule has 0 aliphatic carbocycles. The number of likely N-dealkylation sites (tertiary alicyclic amines) is 1. The van der Waals surface area contributed by atoms with E-state index in [0.29, 0.717) is 11.8 Å². The standard InChI is InChI=1S/C23H37N5OS/c1-5-24-23(25-14-17(2)13-21-7-6-12-30-21)26-15-20-8-10-28(11-9-20)16-22-27-18(3)19(4)29-22/h6-7,12,17,20H,5,8-11,13-16H2,1-4H3,(H2,24,25,26). The van der Waals surface area contributed by atoms with E-state index in [1.165, 1.54) is 17.7 Å². The number of piperidine rings is 1. The van der Waals surface area contributed by atoms with Gasteiger partial charge in [-0.05, 0) is 76.4 Å². The Morgan fingerprint density at radius 2 is 2.13 bits per heavy atom. The summed E-state index contributed by atoms with van der Waals surface area (Å²) in [5.41, 5.74) is 1.00. The summed E-state index contributed by atoms with van der Waals surface area (Å²) in [6.07, 6.45) is 3.49. The van der Waals surface area contributed by atoms with Crippen LogP contribution in [0.4, 0.5) is 0 Å². The lowest BCUT2D eigenvalue weighted by atomic mass is 9.97. The van der Waals surface area contributed by atoms with Crippen molar-refractivity contribution in [2.45, 2.75) is 53.5 Å². The lowest BCUT2D eigenvalue weighted by Gasteiger charge is -2.31. The molecule has 0 bridgehead atoms. The van der Waals surface area contributed by atoms with Gasteiger partial charge in [-0.25, -0.2) is 4.98 Å². The summed E-state index contributed by atoms with van der Waals surface area (Å²) in [5, 5.41) is 9.12. The monoisotopic (exact) mass is 431 g/mol. The molecule has 2 aromatic heterocycles. The maximum absolute atomic E-state index is 5.74. The second-order valence-electron chi connectivity index (χ2n) is 8.46. The van der Waals surface area contributed by atoms with Crippen molar-refractivity contribution in [3.8, 4) is 0 Å². The fourth-order valence-electron chi connectivity index (χ4n) is 3.81. The zero-order valence-corrected chi connectivity index (χ0v) is 19.7. The van der Waals surface area contributed by atoms with E-state index in [4.69, 9.17) is 9.41 Å². The SMILES string of the molecule is CCNC(=NCC(C)Cc1cccs1)NCC1CCN(Cc2nc(C)c(C)o2)CC1. The molecule has 3 heterocycles. The molecule has 2 N–H and O–H groups in total. The van der Waals surface area contributed by atoms with Crippen LogP contribution >= 0.6 is 11.3 Å². The smallest absolute Gasteiger partial charge is 0.208 e. The number of thiophene rings is 1. The number of nitrogens with zero attached hydrogens (tertiary/aromatic N) is 3. The Bertz CT molecular complexity index is 758. The molecular formula is C23H37N5OS. The van der Waals surface area contributed by atoms with Gasteiger partial charge in [0.25, 0.3) is 0 Å². The molecule has 0 saturated carbocycles. The van der Waals surface area contributed by atoms with Crippen molar-refractivity contribution in [3.63, 3.8) is 0 Å². The second-order valence-corrected chi connectivity index (χ2v) is 9.49. The molecule has 0 spiro atoms. The summed E-state index contributed by atoms with van der Waals surface area (Å²) in [6, 6.07) is 4.34. The third kappa shape index (κ3) is 7.13. The van der Waals surface area contributed by atoms with E-state index < -0.39 is 0 Å². The van der Waals surface area contributed by atoms with Gasteiger partial charge < -0.3 is 15.1 Å². The van der Waals surface area contributed by atoms with Crippen LogP contribution in [0.2, 0.25) is 0 Å². The van der Waals surface area contributed by atoms with E-state index in [2.05, 4.69) is 51.9 Å². The molecule has 1 atom stereocenters. The molecule has 0 radical (unpaired) electrons. The maximum atomic E-state index is 5.74. The summed E-state index contributed by atoms with van der Waals surface area (Å²) in [7, 11) is 0. The van der Waals surface area contributed by atoms with E-state index in [0.717, 1.165) is 69.0 Å². The van der Waals surface area contributed by atoms with E-state index in [1.807, 2.05) is 25.2 Å². The Balaban J connectivity index is 1.39. The van der Waals surface area contributed by atoms with Crippen molar-refractivity contribution in [3.05, 3.63) is 39.7 Å². The number of aliphatic imine (C=N–C) groups is 1. The minimum Gasteiger partial charge on any atom is -0.444 e. The summed E-state index contributed by atoms with van der Waals surface area (Å²) in [6.45, 7) is 14.1. The van der Waals surface area contributed by atoms with Gasteiger partial charge in [-0.1, -0.05) is 13.0 Å². The maximum Gasteiger partial charge on any atom is 0.208 e. The fourth-order valence-corrected chi connectivity index (χ4v) is 4.68. The van der Waals surface area contributed by atoms with Crippen molar-refractivity contribution in [2.24, 2.45) is 16.8 Å². The first kappa shape index (κ1) is 22.8. The number of aryl methyl sites for hydroxylation is 2. The zero-order chi connectivity index (χ0) is 21.3. The second kappa shape index (κ2) is 11.5. The average Bonchev–Trinajstić information content (AvgIpc) is 3.34. The number of hydrogen-bond acceptors (Lipinski definition) is 5. The highest BCUT2D eigenvalue weighted by Crippen LogP contribution is 2.19. The van der Waals surface area contributed by atoms with Crippen LogP contribution in [0.15, 0.2) is 26.9 Å². The van der Waals surface area contributed by atoms with Crippen LogP contribution in [-0.4, -0.2) is 48.6 Å². The van der Waals surface area contributed by atoms with Crippen LogP contribution in [0, 0.1) is 25.7 Å². The van der Waals surface area contributed by atoms with Crippen LogP contribution in [0.1, 0.15) is 48.9 Å². The van der Waals surface area contributed by atoms with E-state index in [9.17, 15) is 0 Å². The van der Waals surface area contributed by atoms with Crippen LogP contribution in [0.25, 0.3) is 0 Å². The molecule has 0 amide bonds. The lowest BCUT2D eigenvalue weighted by Crippen LogP contribution is -2.43. The number of guanidine groups is 1. The molecule has 7 heteroatoms. The van der Waals surface area contributed by atoms with E-state index in [1.54, 1.807) is 0 Å². The number of hydrogen-bond donors (Lipinski definition) is 2. The summed E-state index contributed by atoms with van der Waals surface area (Å²) < 4.78 is 5.74. The minimum atomic E-state index is 0.546. The van der Waals surface area contributed by atoms with Gasteiger partial charge in [0, 0.05) is 24.5 Å². The summed E-state index contributed by atoms with van der Waals surface area (Å²) in [4.78, 5) is 13.2. The quantitative estimate of drug-likeness (QED) is 0.464.